The van der Waals surface area contributed by atoms with Crippen molar-refractivity contribution in [2.24, 2.45) is 5.92 Å². The molecule has 102 valence electrons. The first-order chi connectivity index (χ1) is 9.40. The van der Waals surface area contributed by atoms with Gasteiger partial charge in [0.1, 0.15) is 6.61 Å². The van der Waals surface area contributed by atoms with Gasteiger partial charge in [0.15, 0.2) is 0 Å². The van der Waals surface area contributed by atoms with E-state index in [0.29, 0.717) is 6.61 Å². The molecule has 0 radical (unpaired) electrons. The quantitative estimate of drug-likeness (QED) is 0.841. The average molecular weight is 258 g/mol. The highest BCUT2D eigenvalue weighted by Crippen LogP contribution is 2.24. The van der Waals surface area contributed by atoms with Crippen LogP contribution in [-0.4, -0.2) is 18.3 Å². The van der Waals surface area contributed by atoms with Crippen molar-refractivity contribution in [3.05, 3.63) is 35.4 Å². The molecule has 0 atom stereocenters. The smallest absolute Gasteiger partial charge is 0.104 e. The fourth-order valence-corrected chi connectivity index (χ4v) is 2.59. The standard InChI is InChI=1S/C17H22O2/c18-12-6-11-16-9-4-5-10-17(16)14-19-13-15-7-2-1-3-8-15/h4-5,9-10,15,18H,1-3,7-8,12-14H2. The van der Waals surface area contributed by atoms with E-state index in [0.717, 1.165) is 23.7 Å². The Bertz CT molecular complexity index is 436. The van der Waals surface area contributed by atoms with Crippen LogP contribution in [0.2, 0.25) is 0 Å². The van der Waals surface area contributed by atoms with Crippen LogP contribution in [0, 0.1) is 17.8 Å². The fourth-order valence-electron chi connectivity index (χ4n) is 2.59. The van der Waals surface area contributed by atoms with Gasteiger partial charge in [-0.1, -0.05) is 49.3 Å². The van der Waals surface area contributed by atoms with E-state index in [1.54, 1.807) is 0 Å². The molecular weight excluding hydrogens is 236 g/mol. The third-order valence-corrected chi connectivity index (χ3v) is 3.66. The molecule has 0 unspecified atom stereocenters. The second-order valence-electron chi connectivity index (χ2n) is 5.14. The molecule has 1 aromatic carbocycles. The lowest BCUT2D eigenvalue weighted by atomic mass is 9.90. The van der Waals surface area contributed by atoms with E-state index >= 15 is 0 Å². The Labute approximate surface area is 115 Å². The summed E-state index contributed by atoms with van der Waals surface area (Å²) in [6.45, 7) is 1.38. The maximum atomic E-state index is 8.76. The maximum absolute atomic E-state index is 8.76. The molecule has 0 saturated heterocycles. The molecule has 19 heavy (non-hydrogen) atoms. The zero-order valence-corrected chi connectivity index (χ0v) is 11.4. The monoisotopic (exact) mass is 258 g/mol. The van der Waals surface area contributed by atoms with Gasteiger partial charge in [-0.15, -0.1) is 0 Å². The van der Waals surface area contributed by atoms with E-state index in [1.165, 1.54) is 32.1 Å². The van der Waals surface area contributed by atoms with Crippen molar-refractivity contribution >= 4 is 0 Å². The molecule has 2 nitrogen and oxygen atoms in total. The Hall–Kier alpha value is -1.30. The summed E-state index contributed by atoms with van der Waals surface area (Å²) in [5.41, 5.74) is 2.07. The van der Waals surface area contributed by atoms with E-state index in [9.17, 15) is 0 Å². The van der Waals surface area contributed by atoms with Gasteiger partial charge in [0.05, 0.1) is 6.61 Å². The Kier molecular flexibility index (Phi) is 5.94. The van der Waals surface area contributed by atoms with Crippen molar-refractivity contribution in [1.82, 2.24) is 0 Å². The highest BCUT2D eigenvalue weighted by molar-refractivity contribution is 5.40. The zero-order valence-electron chi connectivity index (χ0n) is 11.4. The second kappa shape index (κ2) is 7.99. The van der Waals surface area contributed by atoms with Crippen molar-refractivity contribution in [2.75, 3.05) is 13.2 Å². The minimum Gasteiger partial charge on any atom is -0.384 e. The summed E-state index contributed by atoms with van der Waals surface area (Å²) in [5.74, 6) is 6.41. The molecule has 0 heterocycles. The molecule has 0 bridgehead atoms. The van der Waals surface area contributed by atoms with E-state index in [4.69, 9.17) is 9.84 Å². The first-order valence-corrected chi connectivity index (χ1v) is 7.15. The van der Waals surface area contributed by atoms with E-state index in [-0.39, 0.29) is 6.61 Å². The third kappa shape index (κ3) is 4.70. The van der Waals surface area contributed by atoms with Crippen LogP contribution < -0.4 is 0 Å². The lowest BCUT2D eigenvalue weighted by Crippen LogP contribution is -2.13. The summed E-state index contributed by atoms with van der Waals surface area (Å²) in [7, 11) is 0. The summed E-state index contributed by atoms with van der Waals surface area (Å²) >= 11 is 0. The van der Waals surface area contributed by atoms with Crippen molar-refractivity contribution in [3.63, 3.8) is 0 Å². The second-order valence-corrected chi connectivity index (χ2v) is 5.14. The van der Waals surface area contributed by atoms with Gasteiger partial charge in [-0.25, -0.2) is 0 Å². The summed E-state index contributed by atoms with van der Waals surface area (Å²) < 4.78 is 5.85. The van der Waals surface area contributed by atoms with Crippen LogP contribution in [0.1, 0.15) is 43.2 Å². The first-order valence-electron chi connectivity index (χ1n) is 7.15. The highest BCUT2D eigenvalue weighted by Gasteiger charge is 2.13. The average Bonchev–Trinajstić information content (AvgIpc) is 2.47. The third-order valence-electron chi connectivity index (χ3n) is 3.66. The summed E-state index contributed by atoms with van der Waals surface area (Å²) in [5, 5.41) is 8.76. The maximum Gasteiger partial charge on any atom is 0.104 e. The van der Waals surface area contributed by atoms with Crippen LogP contribution in [-0.2, 0) is 11.3 Å². The Morgan fingerprint density at radius 2 is 1.95 bits per heavy atom. The van der Waals surface area contributed by atoms with Gasteiger partial charge >= 0.3 is 0 Å². The van der Waals surface area contributed by atoms with Gasteiger partial charge in [-0.05, 0) is 30.4 Å². The molecule has 1 aliphatic rings. The fraction of sp³-hybridized carbons (Fsp3) is 0.529. The molecule has 0 amide bonds. The lowest BCUT2D eigenvalue weighted by Gasteiger charge is -2.21. The van der Waals surface area contributed by atoms with Crippen LogP contribution in [0.3, 0.4) is 0 Å². The largest absolute Gasteiger partial charge is 0.384 e. The number of benzene rings is 1. The number of aliphatic hydroxyl groups is 1. The Morgan fingerprint density at radius 1 is 1.16 bits per heavy atom. The van der Waals surface area contributed by atoms with Crippen LogP contribution in [0.5, 0.6) is 0 Å². The van der Waals surface area contributed by atoms with Gasteiger partial charge in [-0.3, -0.25) is 0 Å². The van der Waals surface area contributed by atoms with Crippen molar-refractivity contribution in [3.8, 4) is 11.8 Å². The van der Waals surface area contributed by atoms with Crippen LogP contribution in [0.15, 0.2) is 24.3 Å². The van der Waals surface area contributed by atoms with Crippen LogP contribution >= 0.6 is 0 Å². The number of ether oxygens (including phenoxy) is 1. The minimum atomic E-state index is -0.0999. The predicted molar refractivity (Wildman–Crippen MR) is 76.6 cm³/mol. The van der Waals surface area contributed by atoms with Gasteiger partial charge in [0.25, 0.3) is 0 Å². The summed E-state index contributed by atoms with van der Waals surface area (Å²) in [6.07, 6.45) is 6.72. The Balaban J connectivity index is 1.84. The minimum absolute atomic E-state index is 0.0999. The number of aliphatic hydroxyl groups excluding tert-OH is 1. The van der Waals surface area contributed by atoms with Crippen molar-refractivity contribution in [2.45, 2.75) is 38.7 Å². The zero-order chi connectivity index (χ0) is 13.3. The van der Waals surface area contributed by atoms with Crippen LogP contribution in [0.25, 0.3) is 0 Å². The van der Waals surface area contributed by atoms with Crippen molar-refractivity contribution in [1.29, 1.82) is 0 Å². The molecule has 1 aliphatic carbocycles. The molecule has 1 saturated carbocycles. The number of hydrogen-bond donors (Lipinski definition) is 1. The van der Waals surface area contributed by atoms with Gasteiger partial charge in [-0.2, -0.15) is 0 Å². The van der Waals surface area contributed by atoms with E-state index < -0.39 is 0 Å². The SMILES string of the molecule is OCC#Cc1ccccc1COCC1CCCCC1. The molecule has 1 fully saturated rings. The summed E-state index contributed by atoms with van der Waals surface area (Å²) in [4.78, 5) is 0. The molecule has 1 aromatic rings. The molecule has 2 heteroatoms. The molecule has 0 aromatic heterocycles. The Morgan fingerprint density at radius 3 is 2.74 bits per heavy atom. The van der Waals surface area contributed by atoms with Crippen LogP contribution in [0.4, 0.5) is 0 Å². The van der Waals surface area contributed by atoms with Gasteiger partial charge in [0.2, 0.25) is 0 Å². The molecule has 0 aliphatic heterocycles. The lowest BCUT2D eigenvalue weighted by molar-refractivity contribution is 0.0738. The summed E-state index contributed by atoms with van der Waals surface area (Å²) in [6, 6.07) is 7.99. The van der Waals surface area contributed by atoms with E-state index in [1.807, 2.05) is 24.3 Å². The molecule has 1 N–H and O–H groups in total. The number of rotatable bonds is 4. The molecule has 0 spiro atoms. The molecule has 2 rings (SSSR count). The van der Waals surface area contributed by atoms with Gasteiger partial charge < -0.3 is 9.84 Å². The normalized spacial score (nSPS) is 15.8. The first kappa shape index (κ1) is 14.1. The van der Waals surface area contributed by atoms with E-state index in [2.05, 4.69) is 11.8 Å². The van der Waals surface area contributed by atoms with Crippen molar-refractivity contribution < 1.29 is 9.84 Å². The van der Waals surface area contributed by atoms with Gasteiger partial charge in [0, 0.05) is 12.2 Å². The predicted octanol–water partition coefficient (Wildman–Crippen LogP) is 3.13. The number of hydrogen-bond acceptors (Lipinski definition) is 2. The topological polar surface area (TPSA) is 29.5 Å². The highest BCUT2D eigenvalue weighted by atomic mass is 16.5. The molecular formula is C17H22O2.